The Morgan fingerprint density at radius 3 is 2.67 bits per heavy atom. The molecule has 1 aliphatic carbocycles. The van der Waals surface area contributed by atoms with Gasteiger partial charge in [-0.1, -0.05) is 30.3 Å². The van der Waals surface area contributed by atoms with Gasteiger partial charge < -0.3 is 20.1 Å². The van der Waals surface area contributed by atoms with Crippen molar-refractivity contribution in [1.29, 1.82) is 0 Å². The molecule has 3 rings (SSSR count). The van der Waals surface area contributed by atoms with E-state index in [9.17, 15) is 8.78 Å². The van der Waals surface area contributed by atoms with Crippen molar-refractivity contribution in [1.82, 2.24) is 10.6 Å². The van der Waals surface area contributed by atoms with Crippen LogP contribution in [0.5, 0.6) is 11.5 Å². The number of methoxy groups -OCH3 is 1. The quantitative estimate of drug-likeness (QED) is 0.574. The van der Waals surface area contributed by atoms with Gasteiger partial charge in [-0.15, -0.1) is 0 Å². The van der Waals surface area contributed by atoms with E-state index in [4.69, 9.17) is 4.74 Å². The summed E-state index contributed by atoms with van der Waals surface area (Å²) in [6.45, 7) is -2.60. The normalized spacial score (nSPS) is 18.9. The SMILES string of the molecule is CN=C(NCc1cc(OC)ccc1OC(F)F)NC1CC1c1ccccc1. The molecule has 0 heterocycles. The molecule has 0 aliphatic heterocycles. The van der Waals surface area contributed by atoms with Crippen molar-refractivity contribution in [3.63, 3.8) is 0 Å². The van der Waals surface area contributed by atoms with E-state index in [1.165, 1.54) is 18.7 Å². The molecule has 1 fully saturated rings. The van der Waals surface area contributed by atoms with E-state index >= 15 is 0 Å². The largest absolute Gasteiger partial charge is 0.497 e. The van der Waals surface area contributed by atoms with Crippen molar-refractivity contribution in [3.05, 3.63) is 59.7 Å². The fourth-order valence-electron chi connectivity index (χ4n) is 3.00. The zero-order valence-electron chi connectivity index (χ0n) is 15.3. The smallest absolute Gasteiger partial charge is 0.387 e. The summed E-state index contributed by atoms with van der Waals surface area (Å²) in [5.74, 6) is 1.76. The highest BCUT2D eigenvalue weighted by molar-refractivity contribution is 5.80. The molecule has 2 unspecified atom stereocenters. The lowest BCUT2D eigenvalue weighted by Crippen LogP contribution is -2.38. The van der Waals surface area contributed by atoms with Gasteiger partial charge in [0, 0.05) is 31.1 Å². The third-order valence-corrected chi connectivity index (χ3v) is 4.49. The Labute approximate surface area is 157 Å². The minimum Gasteiger partial charge on any atom is -0.497 e. The van der Waals surface area contributed by atoms with E-state index in [1.54, 1.807) is 19.2 Å². The number of ether oxygens (including phenoxy) is 2. The van der Waals surface area contributed by atoms with Crippen molar-refractivity contribution in [2.45, 2.75) is 31.5 Å². The minimum atomic E-state index is -2.88. The fraction of sp³-hybridized carbons (Fsp3) is 0.350. The zero-order chi connectivity index (χ0) is 19.2. The number of aliphatic imine (C=N–C) groups is 1. The number of guanidine groups is 1. The lowest BCUT2D eigenvalue weighted by molar-refractivity contribution is -0.0504. The van der Waals surface area contributed by atoms with Crippen LogP contribution in [0, 0.1) is 0 Å². The predicted octanol–water partition coefficient (Wildman–Crippen LogP) is 3.52. The van der Waals surface area contributed by atoms with Crippen LogP contribution in [-0.2, 0) is 6.54 Å². The van der Waals surface area contributed by atoms with Crippen LogP contribution < -0.4 is 20.1 Å². The second-order valence-electron chi connectivity index (χ2n) is 6.28. The summed E-state index contributed by atoms with van der Waals surface area (Å²) in [5, 5.41) is 6.52. The van der Waals surface area contributed by atoms with Crippen LogP contribution in [0.25, 0.3) is 0 Å². The van der Waals surface area contributed by atoms with Crippen molar-refractivity contribution >= 4 is 5.96 Å². The second-order valence-corrected chi connectivity index (χ2v) is 6.28. The summed E-state index contributed by atoms with van der Waals surface area (Å²) < 4.78 is 35.0. The molecule has 1 saturated carbocycles. The lowest BCUT2D eigenvalue weighted by atomic mass is 10.1. The molecule has 2 N–H and O–H groups in total. The number of benzene rings is 2. The second kappa shape index (κ2) is 8.70. The predicted molar refractivity (Wildman–Crippen MR) is 101 cm³/mol. The average molecular weight is 375 g/mol. The molecule has 2 aromatic rings. The van der Waals surface area contributed by atoms with E-state index in [0.29, 0.717) is 29.2 Å². The summed E-state index contributed by atoms with van der Waals surface area (Å²) in [6, 6.07) is 15.3. The van der Waals surface area contributed by atoms with Gasteiger partial charge in [0.25, 0.3) is 0 Å². The third kappa shape index (κ3) is 5.09. The van der Waals surface area contributed by atoms with Crippen molar-refractivity contribution in [2.24, 2.45) is 4.99 Å². The minimum absolute atomic E-state index is 0.113. The van der Waals surface area contributed by atoms with Crippen LogP contribution in [0.15, 0.2) is 53.5 Å². The van der Waals surface area contributed by atoms with Crippen molar-refractivity contribution < 1.29 is 18.3 Å². The molecule has 2 aromatic carbocycles. The maximum absolute atomic E-state index is 12.6. The molecule has 2 atom stereocenters. The molecular weight excluding hydrogens is 352 g/mol. The first-order chi connectivity index (χ1) is 13.1. The molecule has 0 amide bonds. The number of hydrogen-bond acceptors (Lipinski definition) is 3. The van der Waals surface area contributed by atoms with E-state index in [2.05, 4.69) is 32.5 Å². The van der Waals surface area contributed by atoms with Gasteiger partial charge in [0.2, 0.25) is 0 Å². The number of nitrogens with one attached hydrogen (secondary N) is 2. The van der Waals surface area contributed by atoms with Gasteiger partial charge in [0.15, 0.2) is 5.96 Å². The van der Waals surface area contributed by atoms with Crippen LogP contribution >= 0.6 is 0 Å². The molecule has 0 spiro atoms. The number of rotatable bonds is 7. The average Bonchev–Trinajstić information content (AvgIpc) is 3.45. The molecule has 144 valence electrons. The lowest BCUT2D eigenvalue weighted by Gasteiger charge is -2.15. The molecule has 0 radical (unpaired) electrons. The third-order valence-electron chi connectivity index (χ3n) is 4.49. The molecule has 0 bridgehead atoms. The summed E-state index contributed by atoms with van der Waals surface area (Å²) in [5.41, 5.74) is 1.86. The highest BCUT2D eigenvalue weighted by atomic mass is 19.3. The standard InChI is InChI=1S/C20H23F2N3O2/c1-23-20(25-17-11-16(17)13-6-4-3-5-7-13)24-12-14-10-15(26-2)8-9-18(14)27-19(21)22/h3-10,16-17,19H,11-12H2,1-2H3,(H2,23,24,25). The topological polar surface area (TPSA) is 54.9 Å². The van der Waals surface area contributed by atoms with E-state index in [0.717, 1.165) is 6.42 Å². The summed E-state index contributed by atoms with van der Waals surface area (Å²) in [4.78, 5) is 4.22. The first-order valence-electron chi connectivity index (χ1n) is 8.74. The Balaban J connectivity index is 1.60. The zero-order valence-corrected chi connectivity index (χ0v) is 15.3. The Kier molecular flexibility index (Phi) is 6.11. The number of alkyl halides is 2. The number of nitrogens with zero attached hydrogens (tertiary/aromatic N) is 1. The summed E-state index contributed by atoms with van der Waals surface area (Å²) in [7, 11) is 3.20. The molecule has 5 nitrogen and oxygen atoms in total. The van der Waals surface area contributed by atoms with Gasteiger partial charge in [0.1, 0.15) is 11.5 Å². The molecule has 1 aliphatic rings. The van der Waals surface area contributed by atoms with Crippen LogP contribution in [-0.4, -0.2) is 32.8 Å². The van der Waals surface area contributed by atoms with E-state index in [1.807, 2.05) is 18.2 Å². The Morgan fingerprint density at radius 2 is 2.00 bits per heavy atom. The summed E-state index contributed by atoms with van der Waals surface area (Å²) >= 11 is 0. The Bertz CT molecular complexity index is 784. The number of hydrogen-bond donors (Lipinski definition) is 2. The van der Waals surface area contributed by atoms with E-state index < -0.39 is 6.61 Å². The van der Waals surface area contributed by atoms with Gasteiger partial charge in [-0.25, -0.2) is 0 Å². The van der Waals surface area contributed by atoms with Gasteiger partial charge in [0.05, 0.1) is 7.11 Å². The van der Waals surface area contributed by atoms with Crippen molar-refractivity contribution in [2.75, 3.05) is 14.2 Å². The fourth-order valence-corrected chi connectivity index (χ4v) is 3.00. The Hall–Kier alpha value is -2.83. The summed E-state index contributed by atoms with van der Waals surface area (Å²) in [6.07, 6.45) is 1.03. The van der Waals surface area contributed by atoms with Crippen LogP contribution in [0.2, 0.25) is 0 Å². The molecular formula is C20H23F2N3O2. The van der Waals surface area contributed by atoms with E-state index in [-0.39, 0.29) is 12.3 Å². The molecule has 7 heteroatoms. The first kappa shape index (κ1) is 18.9. The van der Waals surface area contributed by atoms with Gasteiger partial charge in [-0.3, -0.25) is 4.99 Å². The van der Waals surface area contributed by atoms with Gasteiger partial charge >= 0.3 is 6.61 Å². The van der Waals surface area contributed by atoms with Crippen LogP contribution in [0.1, 0.15) is 23.5 Å². The van der Waals surface area contributed by atoms with Crippen LogP contribution in [0.3, 0.4) is 0 Å². The molecule has 27 heavy (non-hydrogen) atoms. The van der Waals surface area contributed by atoms with Crippen LogP contribution in [0.4, 0.5) is 8.78 Å². The maximum atomic E-state index is 12.6. The van der Waals surface area contributed by atoms with Gasteiger partial charge in [-0.05, 0) is 30.2 Å². The maximum Gasteiger partial charge on any atom is 0.387 e. The molecule has 0 saturated heterocycles. The molecule has 0 aromatic heterocycles. The number of halogens is 2. The highest BCUT2D eigenvalue weighted by Crippen LogP contribution is 2.40. The first-order valence-corrected chi connectivity index (χ1v) is 8.74. The monoisotopic (exact) mass is 375 g/mol. The van der Waals surface area contributed by atoms with Gasteiger partial charge in [-0.2, -0.15) is 8.78 Å². The highest BCUT2D eigenvalue weighted by Gasteiger charge is 2.38. The van der Waals surface area contributed by atoms with Crippen molar-refractivity contribution in [3.8, 4) is 11.5 Å². The Morgan fingerprint density at radius 1 is 1.22 bits per heavy atom.